The third kappa shape index (κ3) is 3.06. The lowest BCUT2D eigenvalue weighted by atomic mass is 10.1. The molecule has 0 aromatic heterocycles. The van der Waals surface area contributed by atoms with Crippen molar-refractivity contribution in [1.82, 2.24) is 0 Å². The van der Waals surface area contributed by atoms with Gasteiger partial charge in [-0.15, -0.1) is 0 Å². The zero-order chi connectivity index (χ0) is 11.1. The van der Waals surface area contributed by atoms with E-state index < -0.39 is 0 Å². The molecule has 1 rings (SSSR count). The number of para-hydroxylation sites is 1. The van der Waals surface area contributed by atoms with Crippen molar-refractivity contribution in [3.63, 3.8) is 0 Å². The fourth-order valence-electron chi connectivity index (χ4n) is 1.21. The average Bonchev–Trinajstić information content (AvgIpc) is 2.30. The van der Waals surface area contributed by atoms with Crippen molar-refractivity contribution in [1.29, 1.82) is 0 Å². The number of hydrogen-bond acceptors (Lipinski definition) is 3. The third-order valence-electron chi connectivity index (χ3n) is 1.99. The molecule has 0 aliphatic heterocycles. The first kappa shape index (κ1) is 11.2. The molecule has 15 heavy (non-hydrogen) atoms. The van der Waals surface area contributed by atoms with E-state index >= 15 is 0 Å². The lowest BCUT2D eigenvalue weighted by Crippen LogP contribution is -2.04. The molecule has 0 saturated carbocycles. The van der Waals surface area contributed by atoms with Gasteiger partial charge in [-0.2, -0.15) is 0 Å². The Labute approximate surface area is 89.3 Å². The first-order valence-corrected chi connectivity index (χ1v) is 4.81. The van der Waals surface area contributed by atoms with Gasteiger partial charge in [0.05, 0.1) is 17.0 Å². The first-order valence-electron chi connectivity index (χ1n) is 4.81. The van der Waals surface area contributed by atoms with Crippen LogP contribution in [-0.2, 0) is 4.79 Å². The van der Waals surface area contributed by atoms with Gasteiger partial charge < -0.3 is 5.73 Å². The molecule has 0 unspecified atom stereocenters. The number of benzene rings is 1. The Hall–Kier alpha value is -1.90. The van der Waals surface area contributed by atoms with Crippen LogP contribution in [0.25, 0.3) is 0 Å². The molecule has 3 nitrogen and oxygen atoms in total. The molecule has 0 spiro atoms. The molecule has 78 valence electrons. The third-order valence-corrected chi connectivity index (χ3v) is 1.99. The molecule has 0 fully saturated rings. The molecule has 3 heteroatoms. The Morgan fingerprint density at radius 2 is 2.07 bits per heavy atom. The van der Waals surface area contributed by atoms with Crippen molar-refractivity contribution in [2.45, 2.75) is 13.3 Å². The van der Waals surface area contributed by atoms with Crippen LogP contribution >= 0.6 is 0 Å². The number of allylic oxidation sites excluding steroid dienone is 1. The van der Waals surface area contributed by atoms with Crippen molar-refractivity contribution in [3.8, 4) is 0 Å². The number of carbonyl (C=O) groups excluding carboxylic acids is 1. The van der Waals surface area contributed by atoms with Crippen LogP contribution in [0.2, 0.25) is 0 Å². The first-order chi connectivity index (χ1) is 7.31. The Kier molecular flexibility index (Phi) is 4.29. The van der Waals surface area contributed by atoms with Crippen molar-refractivity contribution >= 4 is 17.7 Å². The van der Waals surface area contributed by atoms with E-state index in [0.29, 0.717) is 17.7 Å². The zero-order valence-corrected chi connectivity index (χ0v) is 8.68. The maximum atomic E-state index is 10.7. The van der Waals surface area contributed by atoms with Crippen molar-refractivity contribution in [2.24, 2.45) is 10.7 Å². The summed E-state index contributed by atoms with van der Waals surface area (Å²) in [6.45, 7) is 1.94. The van der Waals surface area contributed by atoms with Crippen LogP contribution in [0.15, 0.2) is 47.1 Å². The number of hydrogen-bond donors (Lipinski definition) is 1. The summed E-state index contributed by atoms with van der Waals surface area (Å²) in [7, 11) is 0. The topological polar surface area (TPSA) is 55.5 Å². The van der Waals surface area contributed by atoms with Gasteiger partial charge >= 0.3 is 0 Å². The number of aldehydes is 1. The maximum absolute atomic E-state index is 10.7. The predicted octanol–water partition coefficient (Wildman–Crippen LogP) is 2.21. The zero-order valence-electron chi connectivity index (χ0n) is 8.68. The molecule has 0 radical (unpaired) electrons. The molecular weight excluding hydrogens is 188 g/mol. The van der Waals surface area contributed by atoms with Gasteiger partial charge in [0.15, 0.2) is 6.29 Å². The van der Waals surface area contributed by atoms with E-state index in [-0.39, 0.29) is 0 Å². The molecule has 2 N–H and O–H groups in total. The van der Waals surface area contributed by atoms with Gasteiger partial charge in [-0.1, -0.05) is 25.1 Å². The second kappa shape index (κ2) is 5.75. The van der Waals surface area contributed by atoms with E-state index in [1.54, 1.807) is 0 Å². The smallest absolute Gasteiger partial charge is 0.153 e. The Morgan fingerprint density at radius 1 is 1.40 bits per heavy atom. The van der Waals surface area contributed by atoms with E-state index in [0.717, 1.165) is 12.0 Å². The van der Waals surface area contributed by atoms with E-state index in [2.05, 4.69) is 4.99 Å². The van der Waals surface area contributed by atoms with Gasteiger partial charge in [0.25, 0.3) is 0 Å². The fraction of sp³-hybridized carbons (Fsp3) is 0.167. The normalized spacial score (nSPS) is 12.6. The van der Waals surface area contributed by atoms with Crippen LogP contribution < -0.4 is 5.73 Å². The highest BCUT2D eigenvalue weighted by Gasteiger charge is 2.02. The lowest BCUT2D eigenvalue weighted by Gasteiger charge is -2.02. The van der Waals surface area contributed by atoms with Crippen LogP contribution in [0, 0.1) is 0 Å². The highest BCUT2D eigenvalue weighted by atomic mass is 16.1. The molecule has 0 aliphatic rings. The molecule has 0 bridgehead atoms. The summed E-state index contributed by atoms with van der Waals surface area (Å²) >= 11 is 0. The van der Waals surface area contributed by atoms with Crippen LogP contribution in [0.1, 0.15) is 13.3 Å². The summed E-state index contributed by atoms with van der Waals surface area (Å²) in [6.07, 6.45) is 2.69. The van der Waals surface area contributed by atoms with Gasteiger partial charge in [0.1, 0.15) is 0 Å². The lowest BCUT2D eigenvalue weighted by molar-refractivity contribution is -0.104. The molecule has 0 amide bonds. The Morgan fingerprint density at radius 3 is 2.53 bits per heavy atom. The highest BCUT2D eigenvalue weighted by Crippen LogP contribution is 2.13. The number of rotatable bonds is 4. The summed E-state index contributed by atoms with van der Waals surface area (Å²) < 4.78 is 0. The second-order valence-electron chi connectivity index (χ2n) is 2.99. The number of carbonyl (C=O) groups is 1. The van der Waals surface area contributed by atoms with E-state index in [1.165, 1.54) is 6.20 Å². The molecular formula is C12H14N2O. The van der Waals surface area contributed by atoms with Gasteiger partial charge in [-0.05, 0) is 18.6 Å². The monoisotopic (exact) mass is 202 g/mol. The SMILES string of the molecule is CCC(=Nc1ccccc1)C(C=O)=CN. The van der Waals surface area contributed by atoms with Crippen molar-refractivity contribution in [2.75, 3.05) is 0 Å². The molecule has 0 heterocycles. The average molecular weight is 202 g/mol. The van der Waals surface area contributed by atoms with Gasteiger partial charge in [0, 0.05) is 6.20 Å². The summed E-state index contributed by atoms with van der Waals surface area (Å²) in [4.78, 5) is 15.1. The standard InChI is InChI=1S/C12H14N2O/c1-2-12(10(8-13)9-15)14-11-6-4-3-5-7-11/h3-9H,2,13H2,1H3. The summed E-state index contributed by atoms with van der Waals surface area (Å²) in [5.74, 6) is 0. The Bertz CT molecular complexity index is 380. The van der Waals surface area contributed by atoms with Gasteiger partial charge in [0.2, 0.25) is 0 Å². The summed E-state index contributed by atoms with van der Waals surface area (Å²) in [5, 5.41) is 0. The molecule has 0 atom stereocenters. The number of nitrogens with two attached hydrogens (primary N) is 1. The minimum Gasteiger partial charge on any atom is -0.404 e. The van der Waals surface area contributed by atoms with Crippen molar-refractivity contribution in [3.05, 3.63) is 42.1 Å². The number of aliphatic imine (C=N–C) groups is 1. The van der Waals surface area contributed by atoms with Crippen molar-refractivity contribution < 1.29 is 4.79 Å². The minimum absolute atomic E-state index is 0.446. The van der Waals surface area contributed by atoms with Gasteiger partial charge in [-0.3, -0.25) is 9.79 Å². The molecule has 0 saturated heterocycles. The van der Waals surface area contributed by atoms with Crippen LogP contribution in [-0.4, -0.2) is 12.0 Å². The second-order valence-corrected chi connectivity index (χ2v) is 2.99. The summed E-state index contributed by atoms with van der Waals surface area (Å²) in [5.41, 5.74) is 7.32. The summed E-state index contributed by atoms with van der Waals surface area (Å²) in [6, 6.07) is 9.49. The molecule has 1 aromatic rings. The van der Waals surface area contributed by atoms with E-state index in [4.69, 9.17) is 5.73 Å². The maximum Gasteiger partial charge on any atom is 0.153 e. The largest absolute Gasteiger partial charge is 0.404 e. The van der Waals surface area contributed by atoms with Crippen LogP contribution in [0.5, 0.6) is 0 Å². The molecule has 1 aromatic carbocycles. The predicted molar refractivity (Wildman–Crippen MR) is 62.2 cm³/mol. The highest BCUT2D eigenvalue weighted by molar-refractivity contribution is 6.15. The Balaban J connectivity index is 3.02. The number of nitrogens with zero attached hydrogens (tertiary/aromatic N) is 1. The minimum atomic E-state index is 0.446. The van der Waals surface area contributed by atoms with E-state index in [9.17, 15) is 4.79 Å². The van der Waals surface area contributed by atoms with Gasteiger partial charge in [-0.25, -0.2) is 0 Å². The fourth-order valence-corrected chi connectivity index (χ4v) is 1.21. The quantitative estimate of drug-likeness (QED) is 0.462. The molecule has 0 aliphatic carbocycles. The van der Waals surface area contributed by atoms with Crippen LogP contribution in [0.4, 0.5) is 5.69 Å². The van der Waals surface area contributed by atoms with Crippen LogP contribution in [0.3, 0.4) is 0 Å². The van der Waals surface area contributed by atoms with E-state index in [1.807, 2.05) is 37.3 Å².